The highest BCUT2D eigenvalue weighted by Crippen LogP contribution is 2.28. The summed E-state index contributed by atoms with van der Waals surface area (Å²) in [5, 5.41) is 0. The second-order valence-corrected chi connectivity index (χ2v) is 3.86. The van der Waals surface area contributed by atoms with Crippen molar-refractivity contribution in [3.63, 3.8) is 0 Å². The lowest BCUT2D eigenvalue weighted by Gasteiger charge is -2.20. The Balaban J connectivity index is 2.10. The Labute approximate surface area is 83.5 Å². The molecule has 0 aliphatic carbocycles. The summed E-state index contributed by atoms with van der Waals surface area (Å²) in [6.45, 7) is 1.31. The van der Waals surface area contributed by atoms with Gasteiger partial charge in [0.25, 0.3) is 0 Å². The molecule has 2 nitrogen and oxygen atoms in total. The molecule has 1 fully saturated rings. The van der Waals surface area contributed by atoms with Crippen molar-refractivity contribution < 1.29 is 4.39 Å². The van der Waals surface area contributed by atoms with E-state index in [1.165, 1.54) is 0 Å². The number of halogens is 1. The van der Waals surface area contributed by atoms with Gasteiger partial charge in [0.05, 0.1) is 6.54 Å². The number of rotatable bonds is 2. The standard InChI is InChI=1S/C11H15FN2/c12-11(8-13)6-7-14(9-11)10-4-2-1-3-5-10/h1-5H,6-9,13H2. The van der Waals surface area contributed by atoms with Gasteiger partial charge in [-0.25, -0.2) is 4.39 Å². The molecule has 2 N–H and O–H groups in total. The maximum atomic E-state index is 13.8. The fourth-order valence-corrected chi connectivity index (χ4v) is 1.86. The van der Waals surface area contributed by atoms with Crippen molar-refractivity contribution in [1.82, 2.24) is 0 Å². The predicted molar refractivity (Wildman–Crippen MR) is 56.2 cm³/mol. The number of para-hydroxylation sites is 1. The minimum Gasteiger partial charge on any atom is -0.368 e. The molecule has 1 aliphatic rings. The van der Waals surface area contributed by atoms with Gasteiger partial charge in [-0.05, 0) is 12.1 Å². The highest BCUT2D eigenvalue weighted by atomic mass is 19.1. The molecule has 0 spiro atoms. The molecule has 0 bridgehead atoms. The fourth-order valence-electron chi connectivity index (χ4n) is 1.86. The number of nitrogens with zero attached hydrogens (tertiary/aromatic N) is 1. The Bertz CT molecular complexity index is 301. The molecule has 1 atom stereocenters. The lowest BCUT2D eigenvalue weighted by Crippen LogP contribution is -2.36. The second kappa shape index (κ2) is 3.58. The topological polar surface area (TPSA) is 29.3 Å². The van der Waals surface area contributed by atoms with Crippen LogP contribution >= 0.6 is 0 Å². The molecule has 1 unspecified atom stereocenters. The monoisotopic (exact) mass is 194 g/mol. The third-order valence-corrected chi connectivity index (χ3v) is 2.79. The summed E-state index contributed by atoms with van der Waals surface area (Å²) in [5.41, 5.74) is 5.31. The van der Waals surface area contributed by atoms with E-state index in [4.69, 9.17) is 5.73 Å². The van der Waals surface area contributed by atoms with Crippen LogP contribution in [0.25, 0.3) is 0 Å². The van der Waals surface area contributed by atoms with Crippen LogP contribution in [0.4, 0.5) is 10.1 Å². The van der Waals surface area contributed by atoms with Gasteiger partial charge < -0.3 is 10.6 Å². The average Bonchev–Trinajstić information content (AvgIpc) is 2.63. The molecule has 0 saturated carbocycles. The van der Waals surface area contributed by atoms with Crippen molar-refractivity contribution in [1.29, 1.82) is 0 Å². The molecule has 0 radical (unpaired) electrons. The highest BCUT2D eigenvalue weighted by molar-refractivity contribution is 5.47. The van der Waals surface area contributed by atoms with Crippen molar-refractivity contribution in [3.8, 4) is 0 Å². The molecule has 2 rings (SSSR count). The summed E-state index contributed by atoms with van der Waals surface area (Å²) in [6, 6.07) is 9.90. The first-order valence-corrected chi connectivity index (χ1v) is 4.92. The molecular formula is C11H15FN2. The number of alkyl halides is 1. The van der Waals surface area contributed by atoms with Crippen molar-refractivity contribution in [2.45, 2.75) is 12.1 Å². The van der Waals surface area contributed by atoms with Crippen molar-refractivity contribution in [2.24, 2.45) is 5.73 Å². The van der Waals surface area contributed by atoms with Crippen LogP contribution in [-0.4, -0.2) is 25.3 Å². The van der Waals surface area contributed by atoms with E-state index in [-0.39, 0.29) is 6.54 Å². The summed E-state index contributed by atoms with van der Waals surface area (Å²) in [5.74, 6) is 0. The van der Waals surface area contributed by atoms with Gasteiger partial charge in [-0.1, -0.05) is 18.2 Å². The van der Waals surface area contributed by atoms with E-state index in [0.29, 0.717) is 13.0 Å². The van der Waals surface area contributed by atoms with Crippen LogP contribution in [-0.2, 0) is 0 Å². The second-order valence-electron chi connectivity index (χ2n) is 3.86. The van der Waals surface area contributed by atoms with Gasteiger partial charge >= 0.3 is 0 Å². The van der Waals surface area contributed by atoms with Gasteiger partial charge in [0.2, 0.25) is 0 Å². The quantitative estimate of drug-likeness (QED) is 0.774. The van der Waals surface area contributed by atoms with Crippen LogP contribution in [0.1, 0.15) is 6.42 Å². The normalized spacial score (nSPS) is 26.9. The minimum atomic E-state index is -1.18. The Hall–Kier alpha value is -1.09. The summed E-state index contributed by atoms with van der Waals surface area (Å²) in [4.78, 5) is 2.05. The number of hydrogen-bond donors (Lipinski definition) is 1. The fraction of sp³-hybridized carbons (Fsp3) is 0.455. The van der Waals surface area contributed by atoms with Crippen LogP contribution < -0.4 is 10.6 Å². The van der Waals surface area contributed by atoms with Crippen molar-refractivity contribution in [3.05, 3.63) is 30.3 Å². The third kappa shape index (κ3) is 1.73. The van der Waals surface area contributed by atoms with Crippen LogP contribution in [0.2, 0.25) is 0 Å². The van der Waals surface area contributed by atoms with E-state index in [2.05, 4.69) is 0 Å². The van der Waals surface area contributed by atoms with Crippen molar-refractivity contribution >= 4 is 5.69 Å². The average molecular weight is 194 g/mol. The lowest BCUT2D eigenvalue weighted by atomic mass is 10.1. The first kappa shape index (κ1) is 9.46. The number of nitrogens with two attached hydrogens (primary N) is 1. The Morgan fingerprint density at radius 2 is 2.07 bits per heavy atom. The Kier molecular flexibility index (Phi) is 2.42. The number of anilines is 1. The van der Waals surface area contributed by atoms with Crippen LogP contribution in [0.15, 0.2) is 30.3 Å². The number of benzene rings is 1. The number of hydrogen-bond acceptors (Lipinski definition) is 2. The van der Waals surface area contributed by atoms with Crippen LogP contribution in [0.3, 0.4) is 0 Å². The van der Waals surface area contributed by atoms with E-state index >= 15 is 0 Å². The maximum absolute atomic E-state index is 13.8. The van der Waals surface area contributed by atoms with E-state index in [0.717, 1.165) is 12.2 Å². The van der Waals surface area contributed by atoms with E-state index < -0.39 is 5.67 Å². The van der Waals surface area contributed by atoms with Gasteiger partial charge in [0.15, 0.2) is 0 Å². The molecule has 1 aromatic carbocycles. The highest BCUT2D eigenvalue weighted by Gasteiger charge is 2.36. The molecule has 1 heterocycles. The van der Waals surface area contributed by atoms with E-state index in [9.17, 15) is 4.39 Å². The zero-order valence-electron chi connectivity index (χ0n) is 8.12. The van der Waals surface area contributed by atoms with Crippen LogP contribution in [0, 0.1) is 0 Å². The summed E-state index contributed by atoms with van der Waals surface area (Å²) in [7, 11) is 0. The minimum absolute atomic E-state index is 0.121. The molecule has 3 heteroatoms. The predicted octanol–water partition coefficient (Wildman–Crippen LogP) is 1.56. The zero-order chi connectivity index (χ0) is 10.0. The summed E-state index contributed by atoms with van der Waals surface area (Å²) < 4.78 is 13.8. The molecule has 76 valence electrons. The largest absolute Gasteiger partial charge is 0.368 e. The smallest absolute Gasteiger partial charge is 0.142 e. The Morgan fingerprint density at radius 3 is 2.64 bits per heavy atom. The molecule has 14 heavy (non-hydrogen) atoms. The lowest BCUT2D eigenvalue weighted by molar-refractivity contribution is 0.204. The van der Waals surface area contributed by atoms with Gasteiger partial charge in [0.1, 0.15) is 5.67 Å². The first-order chi connectivity index (χ1) is 6.73. The third-order valence-electron chi connectivity index (χ3n) is 2.79. The van der Waals surface area contributed by atoms with E-state index in [1.54, 1.807) is 0 Å². The van der Waals surface area contributed by atoms with Gasteiger partial charge in [-0.15, -0.1) is 0 Å². The SMILES string of the molecule is NCC1(F)CCN(c2ccccc2)C1. The first-order valence-electron chi connectivity index (χ1n) is 4.92. The van der Waals surface area contributed by atoms with E-state index in [1.807, 2.05) is 35.2 Å². The van der Waals surface area contributed by atoms with Crippen LogP contribution in [0.5, 0.6) is 0 Å². The van der Waals surface area contributed by atoms with Crippen molar-refractivity contribution in [2.75, 3.05) is 24.5 Å². The molecule has 1 aromatic rings. The zero-order valence-corrected chi connectivity index (χ0v) is 8.12. The molecule has 0 amide bonds. The molecular weight excluding hydrogens is 179 g/mol. The summed E-state index contributed by atoms with van der Waals surface area (Å²) >= 11 is 0. The van der Waals surface area contributed by atoms with Gasteiger partial charge in [-0.3, -0.25) is 0 Å². The Morgan fingerprint density at radius 1 is 1.36 bits per heavy atom. The molecule has 1 saturated heterocycles. The maximum Gasteiger partial charge on any atom is 0.142 e. The molecule has 0 aromatic heterocycles. The van der Waals surface area contributed by atoms with Gasteiger partial charge in [0, 0.05) is 25.2 Å². The summed E-state index contributed by atoms with van der Waals surface area (Å²) in [6.07, 6.45) is 0.540. The molecule has 1 aliphatic heterocycles. The van der Waals surface area contributed by atoms with Gasteiger partial charge in [-0.2, -0.15) is 0 Å².